The Balaban J connectivity index is 1.60. The fourth-order valence-corrected chi connectivity index (χ4v) is 9.30. The van der Waals surface area contributed by atoms with E-state index in [0.717, 1.165) is 68.7 Å². The highest BCUT2D eigenvalue weighted by atomic mass is 16.5. The lowest BCUT2D eigenvalue weighted by Crippen LogP contribution is -2.06. The lowest BCUT2D eigenvalue weighted by Gasteiger charge is -2.26. The molecule has 0 saturated carbocycles. The normalized spacial score (nSPS) is 11.9. The minimum atomic E-state index is 0.233. The SMILES string of the molecule is Cc1cc(-c2cc(C)cc(-c3cc(C)cc(-c4c(C(C)C)cc(C(C)C)cc4C(C)C)c3O)c2OCCCCOc2ccccc2)c(O)c(-c2c(C(C)C)cc(C(C)C)cc2C(C)C)c1. The maximum atomic E-state index is 12.8. The Labute approximate surface area is 392 Å². The smallest absolute Gasteiger partial charge is 0.135 e. The summed E-state index contributed by atoms with van der Waals surface area (Å²) >= 11 is 0. The van der Waals surface area contributed by atoms with Crippen LogP contribution in [0.5, 0.6) is 23.0 Å². The molecule has 0 unspecified atom stereocenters. The van der Waals surface area contributed by atoms with Crippen LogP contribution in [0.1, 0.15) is 182 Å². The number of unbranched alkanes of at least 4 members (excludes halogenated alkanes) is 1. The van der Waals surface area contributed by atoms with Gasteiger partial charge in [0.05, 0.1) is 13.2 Å². The zero-order valence-electron chi connectivity index (χ0n) is 42.2. The van der Waals surface area contributed by atoms with Gasteiger partial charge in [-0.25, -0.2) is 0 Å². The molecular formula is C61H76O4. The predicted molar refractivity (Wildman–Crippen MR) is 277 cm³/mol. The van der Waals surface area contributed by atoms with Gasteiger partial charge >= 0.3 is 0 Å². The molecule has 0 saturated heterocycles. The zero-order chi connectivity index (χ0) is 47.4. The summed E-state index contributed by atoms with van der Waals surface area (Å²) < 4.78 is 13.1. The van der Waals surface area contributed by atoms with Crippen LogP contribution in [0.4, 0.5) is 0 Å². The third kappa shape index (κ3) is 10.8. The van der Waals surface area contributed by atoms with Crippen molar-refractivity contribution in [2.45, 2.75) is 152 Å². The largest absolute Gasteiger partial charge is 0.507 e. The molecule has 4 nitrogen and oxygen atoms in total. The lowest BCUT2D eigenvalue weighted by atomic mass is 9.80. The molecule has 0 aliphatic carbocycles. The maximum absolute atomic E-state index is 12.8. The summed E-state index contributed by atoms with van der Waals surface area (Å²) in [5.74, 6) is 3.69. The first-order chi connectivity index (χ1) is 30.8. The number of rotatable bonds is 17. The molecule has 0 aliphatic heterocycles. The number of phenols is 2. The molecular weight excluding hydrogens is 797 g/mol. The monoisotopic (exact) mass is 873 g/mol. The minimum absolute atomic E-state index is 0.233. The van der Waals surface area contributed by atoms with Crippen molar-refractivity contribution in [2.75, 3.05) is 13.2 Å². The predicted octanol–water partition coefficient (Wildman–Crippen LogP) is 17.7. The molecule has 344 valence electrons. The van der Waals surface area contributed by atoms with Gasteiger partial charge in [0.2, 0.25) is 0 Å². The van der Waals surface area contributed by atoms with E-state index < -0.39 is 0 Å². The molecule has 6 rings (SSSR count). The maximum Gasteiger partial charge on any atom is 0.135 e. The van der Waals surface area contributed by atoms with Gasteiger partial charge in [0.25, 0.3) is 0 Å². The summed E-state index contributed by atoms with van der Waals surface area (Å²) in [6.07, 6.45) is 1.56. The summed E-state index contributed by atoms with van der Waals surface area (Å²) in [4.78, 5) is 0. The van der Waals surface area contributed by atoms with Crippen LogP contribution in [0.2, 0.25) is 0 Å². The van der Waals surface area contributed by atoms with E-state index in [0.29, 0.717) is 41.9 Å². The fourth-order valence-electron chi connectivity index (χ4n) is 9.30. The van der Waals surface area contributed by atoms with Crippen molar-refractivity contribution in [3.8, 4) is 67.5 Å². The van der Waals surface area contributed by atoms with Crippen LogP contribution in [0, 0.1) is 20.8 Å². The number of hydrogen-bond donors (Lipinski definition) is 2. The molecule has 0 atom stereocenters. The average Bonchev–Trinajstić information content (AvgIpc) is 3.25. The lowest BCUT2D eigenvalue weighted by molar-refractivity contribution is 0.267. The minimum Gasteiger partial charge on any atom is -0.507 e. The Bertz CT molecular complexity index is 2400. The highest BCUT2D eigenvalue weighted by Gasteiger charge is 2.28. The van der Waals surface area contributed by atoms with Crippen molar-refractivity contribution < 1.29 is 19.7 Å². The molecule has 65 heavy (non-hydrogen) atoms. The van der Waals surface area contributed by atoms with Crippen molar-refractivity contribution in [1.82, 2.24) is 0 Å². The zero-order valence-corrected chi connectivity index (χ0v) is 42.2. The van der Waals surface area contributed by atoms with Crippen molar-refractivity contribution in [3.63, 3.8) is 0 Å². The van der Waals surface area contributed by atoms with Crippen molar-refractivity contribution in [2.24, 2.45) is 0 Å². The number of ether oxygens (including phenoxy) is 2. The van der Waals surface area contributed by atoms with Gasteiger partial charge in [-0.2, -0.15) is 0 Å². The van der Waals surface area contributed by atoms with Gasteiger partial charge in [-0.1, -0.05) is 126 Å². The Morgan fingerprint density at radius 2 is 0.708 bits per heavy atom. The van der Waals surface area contributed by atoms with Crippen LogP contribution in [0.15, 0.2) is 91.0 Å². The third-order valence-electron chi connectivity index (χ3n) is 12.9. The second-order valence-electron chi connectivity index (χ2n) is 20.4. The van der Waals surface area contributed by atoms with Crippen LogP contribution in [0.3, 0.4) is 0 Å². The van der Waals surface area contributed by atoms with Crippen molar-refractivity contribution in [3.05, 3.63) is 141 Å². The Hall–Kier alpha value is -5.48. The van der Waals surface area contributed by atoms with E-state index in [1.165, 1.54) is 33.4 Å². The molecule has 0 bridgehead atoms. The standard InChI is InChI=1S/C61H76O4/c1-35(2)44-31-47(37(5)6)57(48(32-44)38(7)8)55-29-41(13)25-51(59(55)62)53-27-43(15)28-54(61(53)65-24-20-19-23-64-46-21-17-16-18-22-46)52-26-42(14)30-56(60(52)63)58-49(39(9)10)33-45(36(3)4)34-50(58)40(11)12/h16-18,21-22,25-40,62-63H,19-20,23-24H2,1-15H3. The van der Waals surface area contributed by atoms with E-state index in [4.69, 9.17) is 9.47 Å². The molecule has 0 fully saturated rings. The topological polar surface area (TPSA) is 58.9 Å². The van der Waals surface area contributed by atoms with Crippen molar-refractivity contribution in [1.29, 1.82) is 0 Å². The Morgan fingerprint density at radius 1 is 0.385 bits per heavy atom. The van der Waals surface area contributed by atoms with Crippen LogP contribution in [-0.4, -0.2) is 23.4 Å². The highest BCUT2D eigenvalue weighted by molar-refractivity contribution is 5.94. The second kappa shape index (κ2) is 20.8. The van der Waals surface area contributed by atoms with E-state index in [1.807, 2.05) is 30.3 Å². The molecule has 0 amide bonds. The van der Waals surface area contributed by atoms with E-state index in [9.17, 15) is 10.2 Å². The van der Waals surface area contributed by atoms with E-state index in [-0.39, 0.29) is 35.2 Å². The first-order valence-electron chi connectivity index (χ1n) is 24.3. The molecule has 0 aromatic heterocycles. The number of benzene rings is 6. The molecule has 4 heteroatoms. The molecule has 2 N–H and O–H groups in total. The van der Waals surface area contributed by atoms with Crippen LogP contribution < -0.4 is 9.47 Å². The van der Waals surface area contributed by atoms with Gasteiger partial charge in [0.15, 0.2) is 0 Å². The average molecular weight is 873 g/mol. The molecule has 6 aromatic carbocycles. The molecule has 0 radical (unpaired) electrons. The molecule has 0 aliphatic rings. The number of para-hydroxylation sites is 1. The summed E-state index contributed by atoms with van der Waals surface area (Å²) in [6, 6.07) is 32.1. The van der Waals surface area contributed by atoms with Gasteiger partial charge in [-0.05, 0) is 179 Å². The van der Waals surface area contributed by atoms with Gasteiger partial charge < -0.3 is 19.7 Å². The van der Waals surface area contributed by atoms with Crippen molar-refractivity contribution >= 4 is 0 Å². The third-order valence-corrected chi connectivity index (χ3v) is 12.9. The highest BCUT2D eigenvalue weighted by Crippen LogP contribution is 2.52. The fraction of sp³-hybridized carbons (Fsp3) is 0.410. The summed E-state index contributed by atoms with van der Waals surface area (Å²) in [7, 11) is 0. The quantitative estimate of drug-likeness (QED) is 0.0897. The van der Waals surface area contributed by atoms with Gasteiger partial charge in [-0.15, -0.1) is 0 Å². The van der Waals surface area contributed by atoms with Gasteiger partial charge in [0, 0.05) is 33.4 Å². The summed E-state index contributed by atoms with van der Waals surface area (Å²) in [6.45, 7) is 34.3. The van der Waals surface area contributed by atoms with E-state index in [1.54, 1.807) is 0 Å². The first-order valence-corrected chi connectivity index (χ1v) is 24.3. The van der Waals surface area contributed by atoms with E-state index >= 15 is 0 Å². The molecule has 6 aromatic rings. The van der Waals surface area contributed by atoms with Gasteiger partial charge in [-0.3, -0.25) is 0 Å². The summed E-state index contributed by atoms with van der Waals surface area (Å²) in [5, 5.41) is 25.7. The van der Waals surface area contributed by atoms with Crippen LogP contribution in [-0.2, 0) is 0 Å². The number of aromatic hydroxyl groups is 2. The first kappa shape index (κ1) is 49.0. The van der Waals surface area contributed by atoms with Crippen LogP contribution in [0.25, 0.3) is 44.5 Å². The molecule has 0 spiro atoms. The Morgan fingerprint density at radius 3 is 1.05 bits per heavy atom. The van der Waals surface area contributed by atoms with Crippen LogP contribution >= 0.6 is 0 Å². The number of aryl methyl sites for hydroxylation is 3. The van der Waals surface area contributed by atoms with E-state index in [2.05, 4.69) is 165 Å². The second-order valence-corrected chi connectivity index (χ2v) is 20.4. The Kier molecular flexibility index (Phi) is 15.7. The molecule has 0 heterocycles. The number of phenolic OH excluding ortho intramolecular Hbond substituents is 2. The van der Waals surface area contributed by atoms with Gasteiger partial charge in [0.1, 0.15) is 23.0 Å². The number of hydrogen-bond acceptors (Lipinski definition) is 4. The summed E-state index contributed by atoms with van der Waals surface area (Å²) in [5.41, 5.74) is 17.6.